The van der Waals surface area contributed by atoms with E-state index in [1.54, 1.807) is 0 Å². The van der Waals surface area contributed by atoms with E-state index in [1.165, 1.54) is 0 Å². The minimum Gasteiger partial charge on any atom is -0.387 e. The maximum atomic E-state index is 14.1. The highest BCUT2D eigenvalue weighted by molar-refractivity contribution is 6.31. The van der Waals surface area contributed by atoms with Gasteiger partial charge in [-0.2, -0.15) is 17.9 Å². The number of aromatic nitrogens is 2. The molecule has 0 radical (unpaired) electrons. The summed E-state index contributed by atoms with van der Waals surface area (Å²) in [5, 5.41) is 2.46. The molecule has 2 aromatic carbocycles. The van der Waals surface area contributed by atoms with Gasteiger partial charge in [-0.05, 0) is 24.3 Å². The maximum absolute atomic E-state index is 14.1. The predicted octanol–water partition coefficient (Wildman–Crippen LogP) is 4.58. The molecule has 3 aromatic rings. The lowest BCUT2D eigenvalue weighted by atomic mass is 10.2. The second kappa shape index (κ2) is 6.20. The third-order valence-electron chi connectivity index (χ3n) is 3.29. The Balaban J connectivity index is 2.23. The van der Waals surface area contributed by atoms with E-state index in [0.717, 1.165) is 18.2 Å². The molecule has 0 aliphatic rings. The van der Waals surface area contributed by atoms with E-state index in [0.29, 0.717) is 6.07 Å². The first-order valence-electron chi connectivity index (χ1n) is 6.70. The summed E-state index contributed by atoms with van der Waals surface area (Å²) in [6.07, 6.45) is -4.89. The Labute approximate surface area is 145 Å². The Bertz CT molecular complexity index is 1040. The summed E-state index contributed by atoms with van der Waals surface area (Å²) in [6.45, 7) is 0. The highest BCUT2D eigenvalue weighted by Crippen LogP contribution is 2.34. The zero-order chi connectivity index (χ0) is 19.2. The van der Waals surface area contributed by atoms with Crippen molar-refractivity contribution >= 4 is 11.6 Å². The van der Waals surface area contributed by atoms with Gasteiger partial charge < -0.3 is 4.42 Å². The predicted molar refractivity (Wildman–Crippen MR) is 77.4 cm³/mol. The van der Waals surface area contributed by atoms with Gasteiger partial charge in [-0.15, -0.1) is 5.10 Å². The van der Waals surface area contributed by atoms with E-state index < -0.39 is 57.1 Å². The molecule has 3 rings (SSSR count). The fraction of sp³-hybridized carbons (Fsp3) is 0.0667. The molecule has 0 unspecified atom stereocenters. The van der Waals surface area contributed by atoms with Crippen molar-refractivity contribution in [2.24, 2.45) is 0 Å². The standard InChI is InChI=1S/C15H5ClF6N2O2/c16-7-4-6(15(20,21)22)5-10(12(7)19)24-14(25)26-13(23-24)11-8(17)2-1-3-9(11)18/h1-5H. The van der Waals surface area contributed by atoms with Crippen LogP contribution in [-0.4, -0.2) is 9.78 Å². The Kier molecular flexibility index (Phi) is 4.31. The van der Waals surface area contributed by atoms with Crippen molar-refractivity contribution in [3.05, 3.63) is 68.9 Å². The molecule has 0 N–H and O–H groups in total. The van der Waals surface area contributed by atoms with Gasteiger partial charge in [-0.3, -0.25) is 0 Å². The quantitative estimate of drug-likeness (QED) is 0.598. The minimum atomic E-state index is -4.89. The van der Waals surface area contributed by atoms with Crippen LogP contribution in [0.4, 0.5) is 26.3 Å². The lowest BCUT2D eigenvalue weighted by Gasteiger charge is -2.10. The Morgan fingerprint density at radius 2 is 1.69 bits per heavy atom. The molecule has 1 aromatic heterocycles. The van der Waals surface area contributed by atoms with E-state index in [-0.39, 0.29) is 10.7 Å². The molecule has 0 spiro atoms. The number of halogens is 7. The van der Waals surface area contributed by atoms with Gasteiger partial charge in [0.1, 0.15) is 22.9 Å². The molecule has 26 heavy (non-hydrogen) atoms. The van der Waals surface area contributed by atoms with Crippen LogP contribution < -0.4 is 5.76 Å². The minimum absolute atomic E-state index is 0.0949. The summed E-state index contributed by atoms with van der Waals surface area (Å²) < 4.78 is 84.9. The van der Waals surface area contributed by atoms with E-state index in [2.05, 4.69) is 9.52 Å². The Morgan fingerprint density at radius 1 is 1.08 bits per heavy atom. The zero-order valence-corrected chi connectivity index (χ0v) is 13.0. The molecule has 1 heterocycles. The molecule has 0 saturated heterocycles. The summed E-state index contributed by atoms with van der Waals surface area (Å²) in [4.78, 5) is 11.9. The maximum Gasteiger partial charge on any atom is 0.442 e. The van der Waals surface area contributed by atoms with Crippen molar-refractivity contribution < 1.29 is 30.8 Å². The Morgan fingerprint density at radius 3 is 2.27 bits per heavy atom. The SMILES string of the molecule is O=c1oc(-c2c(F)cccc2F)nn1-c1cc(C(F)(F)F)cc(Cl)c1F. The molecule has 0 amide bonds. The second-order valence-electron chi connectivity index (χ2n) is 4.97. The molecule has 0 aliphatic heterocycles. The lowest BCUT2D eigenvalue weighted by molar-refractivity contribution is -0.137. The number of rotatable bonds is 2. The van der Waals surface area contributed by atoms with Crippen LogP contribution in [0.2, 0.25) is 5.02 Å². The normalized spacial score (nSPS) is 11.8. The average Bonchev–Trinajstić information content (AvgIpc) is 2.90. The highest BCUT2D eigenvalue weighted by Gasteiger charge is 2.33. The molecule has 11 heteroatoms. The third kappa shape index (κ3) is 3.07. The van der Waals surface area contributed by atoms with Crippen LogP contribution in [0, 0.1) is 17.5 Å². The summed E-state index contributed by atoms with van der Waals surface area (Å²) in [5.74, 6) is -6.01. The van der Waals surface area contributed by atoms with Crippen molar-refractivity contribution in [2.75, 3.05) is 0 Å². The summed E-state index contributed by atoms with van der Waals surface area (Å²) in [5.41, 5.74) is -3.17. The zero-order valence-electron chi connectivity index (χ0n) is 12.2. The van der Waals surface area contributed by atoms with Crippen molar-refractivity contribution in [2.45, 2.75) is 6.18 Å². The van der Waals surface area contributed by atoms with Crippen LogP contribution in [0.3, 0.4) is 0 Å². The molecule has 136 valence electrons. The summed E-state index contributed by atoms with van der Waals surface area (Å²) in [6, 6.07) is 3.32. The Hall–Kier alpha value is -2.75. The molecular formula is C15H5ClF6N2O2. The number of hydrogen-bond acceptors (Lipinski definition) is 3. The van der Waals surface area contributed by atoms with Crippen molar-refractivity contribution in [3.8, 4) is 17.1 Å². The lowest BCUT2D eigenvalue weighted by Crippen LogP contribution is -2.17. The topological polar surface area (TPSA) is 48.0 Å². The monoisotopic (exact) mass is 394 g/mol. The van der Waals surface area contributed by atoms with Crippen molar-refractivity contribution in [1.29, 1.82) is 0 Å². The largest absolute Gasteiger partial charge is 0.442 e. The molecule has 0 atom stereocenters. The number of benzene rings is 2. The van der Waals surface area contributed by atoms with Crippen LogP contribution in [0.5, 0.6) is 0 Å². The van der Waals surface area contributed by atoms with E-state index in [9.17, 15) is 31.1 Å². The van der Waals surface area contributed by atoms with Crippen LogP contribution >= 0.6 is 11.6 Å². The average molecular weight is 395 g/mol. The van der Waals surface area contributed by atoms with Gasteiger partial charge in [-0.1, -0.05) is 17.7 Å². The van der Waals surface area contributed by atoms with E-state index in [4.69, 9.17) is 11.6 Å². The molecule has 0 saturated carbocycles. The van der Waals surface area contributed by atoms with Crippen molar-refractivity contribution in [1.82, 2.24) is 9.78 Å². The fourth-order valence-electron chi connectivity index (χ4n) is 2.13. The van der Waals surface area contributed by atoms with E-state index in [1.807, 2.05) is 0 Å². The third-order valence-corrected chi connectivity index (χ3v) is 3.56. The van der Waals surface area contributed by atoms with Gasteiger partial charge in [0.2, 0.25) is 0 Å². The van der Waals surface area contributed by atoms with Gasteiger partial charge >= 0.3 is 11.9 Å². The van der Waals surface area contributed by atoms with E-state index >= 15 is 0 Å². The van der Waals surface area contributed by atoms with Crippen LogP contribution in [-0.2, 0) is 6.18 Å². The van der Waals surface area contributed by atoms with Gasteiger partial charge in [-0.25, -0.2) is 18.0 Å². The van der Waals surface area contributed by atoms with Crippen LogP contribution in [0.1, 0.15) is 5.56 Å². The first kappa shape index (κ1) is 18.1. The highest BCUT2D eigenvalue weighted by atomic mass is 35.5. The molecule has 4 nitrogen and oxygen atoms in total. The molecular weight excluding hydrogens is 390 g/mol. The summed E-state index contributed by atoms with van der Waals surface area (Å²) in [7, 11) is 0. The van der Waals surface area contributed by atoms with Crippen LogP contribution in [0.25, 0.3) is 17.1 Å². The van der Waals surface area contributed by atoms with Gasteiger partial charge in [0, 0.05) is 0 Å². The van der Waals surface area contributed by atoms with Crippen LogP contribution in [0.15, 0.2) is 39.5 Å². The molecule has 0 bridgehead atoms. The first-order chi connectivity index (χ1) is 12.1. The summed E-state index contributed by atoms with van der Waals surface area (Å²) >= 11 is 5.43. The van der Waals surface area contributed by atoms with Gasteiger partial charge in [0.15, 0.2) is 5.82 Å². The number of hydrogen-bond donors (Lipinski definition) is 0. The molecule has 0 fully saturated rings. The first-order valence-corrected chi connectivity index (χ1v) is 7.08. The molecule has 0 aliphatic carbocycles. The second-order valence-corrected chi connectivity index (χ2v) is 5.38. The fourth-order valence-corrected chi connectivity index (χ4v) is 2.34. The van der Waals surface area contributed by atoms with Gasteiger partial charge in [0.25, 0.3) is 5.89 Å². The number of nitrogens with zero attached hydrogens (tertiary/aromatic N) is 2. The van der Waals surface area contributed by atoms with Gasteiger partial charge in [0.05, 0.1) is 10.6 Å². The smallest absolute Gasteiger partial charge is 0.387 e. The number of alkyl halides is 3. The van der Waals surface area contributed by atoms with Crippen molar-refractivity contribution in [3.63, 3.8) is 0 Å².